The molecule has 2 aromatic carbocycles. The number of nitrogens with zero attached hydrogens (tertiary/aromatic N) is 4. The summed E-state index contributed by atoms with van der Waals surface area (Å²) < 4.78 is 0. The standard InChI is InChI=1S/C22H27ClN4O2/c23-18-2-1-3-20(16-18)26-12-14-27(15-13-26)22(29)17-24-8-10-25(11-9-24)19-4-6-21(28)7-5-19/h1-7,16,28H,8-15,17H2. The molecular weight excluding hydrogens is 388 g/mol. The number of benzene rings is 2. The molecule has 4 rings (SSSR count). The maximum atomic E-state index is 12.8. The molecule has 2 heterocycles. The summed E-state index contributed by atoms with van der Waals surface area (Å²) in [6, 6.07) is 15.2. The van der Waals surface area contributed by atoms with E-state index in [-0.39, 0.29) is 11.7 Å². The molecule has 7 heteroatoms. The van der Waals surface area contributed by atoms with Gasteiger partial charge in [-0.25, -0.2) is 0 Å². The topological polar surface area (TPSA) is 50.3 Å². The second-order valence-electron chi connectivity index (χ2n) is 7.63. The van der Waals surface area contributed by atoms with Crippen LogP contribution in [0.25, 0.3) is 0 Å². The molecule has 2 saturated heterocycles. The fraction of sp³-hybridized carbons (Fsp3) is 0.409. The van der Waals surface area contributed by atoms with E-state index in [4.69, 9.17) is 11.6 Å². The van der Waals surface area contributed by atoms with Gasteiger partial charge in [-0.3, -0.25) is 9.69 Å². The van der Waals surface area contributed by atoms with E-state index in [9.17, 15) is 9.90 Å². The third-order valence-corrected chi connectivity index (χ3v) is 5.99. The molecule has 6 nitrogen and oxygen atoms in total. The van der Waals surface area contributed by atoms with Crippen LogP contribution in [0.1, 0.15) is 0 Å². The van der Waals surface area contributed by atoms with Crippen molar-refractivity contribution in [3.05, 3.63) is 53.6 Å². The third-order valence-electron chi connectivity index (χ3n) is 5.75. The van der Waals surface area contributed by atoms with Gasteiger partial charge in [-0.2, -0.15) is 0 Å². The maximum absolute atomic E-state index is 12.8. The Morgan fingerprint density at radius 1 is 0.828 bits per heavy atom. The summed E-state index contributed by atoms with van der Waals surface area (Å²) in [7, 11) is 0. The molecule has 154 valence electrons. The highest BCUT2D eigenvalue weighted by Crippen LogP contribution is 2.22. The monoisotopic (exact) mass is 414 g/mol. The van der Waals surface area contributed by atoms with Crippen LogP contribution in [0, 0.1) is 0 Å². The van der Waals surface area contributed by atoms with Crippen molar-refractivity contribution < 1.29 is 9.90 Å². The highest BCUT2D eigenvalue weighted by molar-refractivity contribution is 6.30. The largest absolute Gasteiger partial charge is 0.508 e. The summed E-state index contributed by atoms with van der Waals surface area (Å²) in [5.41, 5.74) is 2.24. The zero-order valence-corrected chi connectivity index (χ0v) is 17.3. The lowest BCUT2D eigenvalue weighted by Crippen LogP contribution is -2.54. The summed E-state index contributed by atoms with van der Waals surface area (Å²) in [6.07, 6.45) is 0. The zero-order valence-electron chi connectivity index (χ0n) is 16.5. The van der Waals surface area contributed by atoms with E-state index in [1.807, 2.05) is 35.2 Å². The van der Waals surface area contributed by atoms with Gasteiger partial charge in [-0.1, -0.05) is 17.7 Å². The maximum Gasteiger partial charge on any atom is 0.236 e. The second-order valence-corrected chi connectivity index (χ2v) is 8.06. The van der Waals surface area contributed by atoms with E-state index in [2.05, 4.69) is 20.8 Å². The van der Waals surface area contributed by atoms with Gasteiger partial charge in [-0.05, 0) is 42.5 Å². The lowest BCUT2D eigenvalue weighted by molar-refractivity contribution is -0.132. The number of phenolic OH excluding ortho intramolecular Hbond substituents is 1. The number of rotatable bonds is 4. The van der Waals surface area contributed by atoms with Crippen LogP contribution in [-0.2, 0) is 4.79 Å². The SMILES string of the molecule is O=C(CN1CCN(c2ccc(O)cc2)CC1)N1CCN(c2cccc(Cl)c2)CC1. The van der Waals surface area contributed by atoms with Crippen LogP contribution in [0.5, 0.6) is 5.75 Å². The molecule has 0 atom stereocenters. The number of halogens is 1. The number of phenols is 1. The fourth-order valence-corrected chi connectivity index (χ4v) is 4.19. The van der Waals surface area contributed by atoms with Gasteiger partial charge in [0.15, 0.2) is 0 Å². The Balaban J connectivity index is 1.23. The number of hydrogen-bond acceptors (Lipinski definition) is 5. The molecule has 0 unspecified atom stereocenters. The number of hydrogen-bond donors (Lipinski definition) is 1. The van der Waals surface area contributed by atoms with Crippen molar-refractivity contribution in [2.75, 3.05) is 68.7 Å². The van der Waals surface area contributed by atoms with Crippen LogP contribution < -0.4 is 9.80 Å². The molecule has 0 aromatic heterocycles. The molecule has 29 heavy (non-hydrogen) atoms. The second kappa shape index (κ2) is 8.93. The van der Waals surface area contributed by atoms with Crippen molar-refractivity contribution in [3.63, 3.8) is 0 Å². The molecule has 0 aliphatic carbocycles. The Kier molecular flexibility index (Phi) is 6.11. The molecule has 2 aliphatic heterocycles. The minimum absolute atomic E-state index is 0.217. The van der Waals surface area contributed by atoms with Crippen LogP contribution in [0.4, 0.5) is 11.4 Å². The number of amides is 1. The normalized spacial score (nSPS) is 18.2. The van der Waals surface area contributed by atoms with Crippen molar-refractivity contribution in [3.8, 4) is 5.75 Å². The number of aromatic hydroxyl groups is 1. The Labute approximate surface area is 176 Å². The van der Waals surface area contributed by atoms with Gasteiger partial charge in [0.2, 0.25) is 5.91 Å². The molecule has 0 radical (unpaired) electrons. The highest BCUT2D eigenvalue weighted by atomic mass is 35.5. The van der Waals surface area contributed by atoms with Gasteiger partial charge >= 0.3 is 0 Å². The quantitative estimate of drug-likeness (QED) is 0.833. The molecule has 0 bridgehead atoms. The van der Waals surface area contributed by atoms with E-state index in [1.165, 1.54) is 0 Å². The molecule has 2 aromatic rings. The van der Waals surface area contributed by atoms with E-state index in [1.54, 1.807) is 12.1 Å². The minimum Gasteiger partial charge on any atom is -0.508 e. The third kappa shape index (κ3) is 4.95. The van der Waals surface area contributed by atoms with Crippen LogP contribution in [0.2, 0.25) is 5.02 Å². The van der Waals surface area contributed by atoms with Crippen LogP contribution in [-0.4, -0.2) is 79.7 Å². The summed E-state index contributed by atoms with van der Waals surface area (Å²) >= 11 is 6.10. The molecule has 2 fully saturated rings. The summed E-state index contributed by atoms with van der Waals surface area (Å²) in [5.74, 6) is 0.502. The van der Waals surface area contributed by atoms with E-state index in [0.29, 0.717) is 6.54 Å². The molecule has 2 aliphatic rings. The Bertz CT molecular complexity index is 829. The molecule has 0 spiro atoms. The van der Waals surface area contributed by atoms with Gasteiger partial charge < -0.3 is 19.8 Å². The first-order valence-corrected chi connectivity index (χ1v) is 10.5. The highest BCUT2D eigenvalue weighted by Gasteiger charge is 2.25. The Hall–Kier alpha value is -2.44. The van der Waals surface area contributed by atoms with Gasteiger partial charge in [0.25, 0.3) is 0 Å². The van der Waals surface area contributed by atoms with Gasteiger partial charge in [-0.15, -0.1) is 0 Å². The molecule has 1 N–H and O–H groups in total. The minimum atomic E-state index is 0.217. The van der Waals surface area contributed by atoms with E-state index in [0.717, 1.165) is 68.8 Å². The molecular formula is C22H27ClN4O2. The van der Waals surface area contributed by atoms with Crippen molar-refractivity contribution in [2.45, 2.75) is 0 Å². The predicted octanol–water partition coefficient (Wildman–Crippen LogP) is 2.52. The fourth-order valence-electron chi connectivity index (χ4n) is 4.01. The summed E-state index contributed by atoms with van der Waals surface area (Å²) in [4.78, 5) is 21.6. The van der Waals surface area contributed by atoms with Crippen LogP contribution >= 0.6 is 11.6 Å². The average molecular weight is 415 g/mol. The lowest BCUT2D eigenvalue weighted by Gasteiger charge is -2.39. The summed E-state index contributed by atoms with van der Waals surface area (Å²) in [5, 5.41) is 10.2. The molecule has 1 amide bonds. The van der Waals surface area contributed by atoms with Gasteiger partial charge in [0.1, 0.15) is 5.75 Å². The Morgan fingerprint density at radius 2 is 1.45 bits per heavy atom. The smallest absolute Gasteiger partial charge is 0.236 e. The van der Waals surface area contributed by atoms with Gasteiger partial charge in [0.05, 0.1) is 6.54 Å². The van der Waals surface area contributed by atoms with E-state index < -0.39 is 0 Å². The summed E-state index contributed by atoms with van der Waals surface area (Å²) in [6.45, 7) is 7.17. The molecule has 0 saturated carbocycles. The van der Waals surface area contributed by atoms with Gasteiger partial charge in [0, 0.05) is 68.8 Å². The Morgan fingerprint density at radius 3 is 2.10 bits per heavy atom. The zero-order chi connectivity index (χ0) is 20.2. The first-order valence-electron chi connectivity index (χ1n) is 10.1. The number of carbonyl (C=O) groups is 1. The van der Waals surface area contributed by atoms with E-state index >= 15 is 0 Å². The predicted molar refractivity (Wildman–Crippen MR) is 117 cm³/mol. The first kappa shape index (κ1) is 19.9. The van der Waals surface area contributed by atoms with Crippen molar-refractivity contribution >= 4 is 28.9 Å². The average Bonchev–Trinajstić information content (AvgIpc) is 2.75. The lowest BCUT2D eigenvalue weighted by atomic mass is 10.2. The van der Waals surface area contributed by atoms with Crippen molar-refractivity contribution in [1.29, 1.82) is 0 Å². The van der Waals surface area contributed by atoms with Crippen molar-refractivity contribution in [1.82, 2.24) is 9.80 Å². The van der Waals surface area contributed by atoms with Crippen LogP contribution in [0.3, 0.4) is 0 Å². The van der Waals surface area contributed by atoms with Crippen molar-refractivity contribution in [2.24, 2.45) is 0 Å². The number of anilines is 2. The number of carbonyl (C=O) groups excluding carboxylic acids is 1. The van der Waals surface area contributed by atoms with Crippen LogP contribution in [0.15, 0.2) is 48.5 Å². The number of piperazine rings is 2. The first-order chi connectivity index (χ1) is 14.1.